The summed E-state index contributed by atoms with van der Waals surface area (Å²) >= 11 is 17.4. The monoisotopic (exact) mass is 487 g/mol. The second kappa shape index (κ2) is 8.50. The molecule has 0 bridgehead atoms. The quantitative estimate of drug-likeness (QED) is 0.307. The van der Waals surface area contributed by atoms with E-state index in [1.807, 2.05) is 24.5 Å². The summed E-state index contributed by atoms with van der Waals surface area (Å²) < 4.78 is 15.5. The average molecular weight is 488 g/mol. The summed E-state index contributed by atoms with van der Waals surface area (Å²) in [4.78, 5) is 27.1. The van der Waals surface area contributed by atoms with E-state index in [2.05, 4.69) is 5.32 Å². The van der Waals surface area contributed by atoms with E-state index in [0.717, 1.165) is 11.4 Å². The Balaban J connectivity index is 1.78. The van der Waals surface area contributed by atoms with Crippen LogP contribution in [-0.2, 0) is 9.59 Å². The Bertz CT molecular complexity index is 1330. The van der Waals surface area contributed by atoms with Crippen molar-refractivity contribution in [1.82, 2.24) is 9.88 Å². The predicted octanol–water partition coefficient (Wildman–Crippen LogP) is 5.37. The number of hydrogen-bond acceptors (Lipinski definition) is 3. The van der Waals surface area contributed by atoms with Gasteiger partial charge < -0.3 is 4.57 Å². The molecule has 3 aromatic rings. The lowest BCUT2D eigenvalue weighted by Crippen LogP contribution is -2.54. The van der Waals surface area contributed by atoms with Gasteiger partial charge in [0.1, 0.15) is 11.4 Å². The molecule has 0 unspecified atom stereocenters. The fourth-order valence-corrected chi connectivity index (χ4v) is 4.29. The van der Waals surface area contributed by atoms with Gasteiger partial charge in [-0.3, -0.25) is 19.8 Å². The van der Waals surface area contributed by atoms with Crippen molar-refractivity contribution in [3.05, 3.63) is 86.9 Å². The molecule has 2 heterocycles. The van der Waals surface area contributed by atoms with Crippen LogP contribution in [0.5, 0.6) is 0 Å². The molecule has 0 saturated carbocycles. The zero-order chi connectivity index (χ0) is 23.2. The van der Waals surface area contributed by atoms with Crippen LogP contribution in [-0.4, -0.2) is 21.5 Å². The van der Waals surface area contributed by atoms with Crippen molar-refractivity contribution in [3.63, 3.8) is 0 Å². The minimum absolute atomic E-state index is 0.000588. The first-order chi connectivity index (χ1) is 15.2. The number of aryl methyl sites for hydroxylation is 1. The number of carbonyl (C=O) groups excluding carboxylic acids is 2. The molecule has 2 aromatic carbocycles. The molecular weight excluding hydrogens is 472 g/mol. The normalized spacial score (nSPS) is 15.5. The highest BCUT2D eigenvalue weighted by molar-refractivity contribution is 7.80. The van der Waals surface area contributed by atoms with E-state index in [0.29, 0.717) is 22.0 Å². The third-order valence-electron chi connectivity index (χ3n) is 5.13. The van der Waals surface area contributed by atoms with E-state index < -0.39 is 17.6 Å². The molecule has 1 aliphatic heterocycles. The highest BCUT2D eigenvalue weighted by atomic mass is 35.5. The van der Waals surface area contributed by atoms with Crippen LogP contribution in [0.3, 0.4) is 0 Å². The summed E-state index contributed by atoms with van der Waals surface area (Å²) in [6.45, 7) is 3.69. The number of hydrogen-bond donors (Lipinski definition) is 1. The number of amides is 2. The summed E-state index contributed by atoms with van der Waals surface area (Å²) in [7, 11) is 0. The Hall–Kier alpha value is -3.00. The maximum Gasteiger partial charge on any atom is 0.270 e. The number of halogens is 3. The number of nitrogens with one attached hydrogen (secondary N) is 1. The predicted molar refractivity (Wildman–Crippen MR) is 128 cm³/mol. The first-order valence-corrected chi connectivity index (χ1v) is 10.7. The molecule has 0 spiro atoms. The van der Waals surface area contributed by atoms with Gasteiger partial charge in [0, 0.05) is 17.1 Å². The molecule has 1 saturated heterocycles. The number of aromatic nitrogens is 1. The number of rotatable bonds is 3. The number of thiocarbonyl (C=S) groups is 1. The first-order valence-electron chi connectivity index (χ1n) is 9.49. The van der Waals surface area contributed by atoms with Gasteiger partial charge in [0.25, 0.3) is 11.8 Å². The fourth-order valence-electron chi connectivity index (χ4n) is 3.62. The molecule has 162 valence electrons. The Labute approximate surface area is 199 Å². The lowest BCUT2D eigenvalue weighted by Gasteiger charge is -2.29. The largest absolute Gasteiger partial charge is 0.318 e. The van der Waals surface area contributed by atoms with E-state index in [-0.39, 0.29) is 15.7 Å². The third-order valence-corrected chi connectivity index (χ3v) is 6.02. The van der Waals surface area contributed by atoms with Crippen LogP contribution in [0.1, 0.15) is 17.0 Å². The van der Waals surface area contributed by atoms with Gasteiger partial charge in [-0.15, -0.1) is 0 Å². The van der Waals surface area contributed by atoms with Gasteiger partial charge in [0.05, 0.1) is 15.7 Å². The van der Waals surface area contributed by atoms with Crippen LogP contribution < -0.4 is 10.2 Å². The molecule has 1 aromatic heterocycles. The van der Waals surface area contributed by atoms with Gasteiger partial charge in [-0.1, -0.05) is 35.3 Å². The van der Waals surface area contributed by atoms with Gasteiger partial charge in [-0.05, 0) is 74.1 Å². The summed E-state index contributed by atoms with van der Waals surface area (Å²) in [5.74, 6) is -1.69. The van der Waals surface area contributed by atoms with E-state index in [1.54, 1.807) is 30.3 Å². The molecule has 0 atom stereocenters. The number of carbonyl (C=O) groups is 2. The maximum absolute atomic E-state index is 13.6. The van der Waals surface area contributed by atoms with Crippen LogP contribution in [0, 0.1) is 19.7 Å². The average Bonchev–Trinajstić information content (AvgIpc) is 3.01. The van der Waals surface area contributed by atoms with E-state index in [9.17, 15) is 14.0 Å². The summed E-state index contributed by atoms with van der Waals surface area (Å²) in [5, 5.41) is 2.83. The Morgan fingerprint density at radius 1 is 1.03 bits per heavy atom. The van der Waals surface area contributed by atoms with Crippen molar-refractivity contribution in [2.24, 2.45) is 0 Å². The van der Waals surface area contributed by atoms with Crippen molar-refractivity contribution in [2.75, 3.05) is 4.90 Å². The van der Waals surface area contributed by atoms with Gasteiger partial charge in [0.15, 0.2) is 5.11 Å². The van der Waals surface area contributed by atoms with Crippen molar-refractivity contribution < 1.29 is 14.0 Å². The molecule has 32 heavy (non-hydrogen) atoms. The van der Waals surface area contributed by atoms with Crippen molar-refractivity contribution >= 4 is 64.1 Å². The SMILES string of the molecule is Cc1cc(/C=C2\C(=O)NC(=S)N(c3ccccc3Cl)C2=O)c(C)n1-c1ccc(F)c(Cl)c1. The highest BCUT2D eigenvalue weighted by Gasteiger charge is 2.35. The lowest BCUT2D eigenvalue weighted by atomic mass is 10.1. The van der Waals surface area contributed by atoms with Crippen LogP contribution >= 0.6 is 35.4 Å². The Morgan fingerprint density at radius 2 is 1.75 bits per heavy atom. The van der Waals surface area contributed by atoms with Crippen LogP contribution in [0.15, 0.2) is 54.1 Å². The molecule has 4 rings (SSSR count). The first kappa shape index (κ1) is 22.2. The molecule has 5 nitrogen and oxygen atoms in total. The Morgan fingerprint density at radius 3 is 2.44 bits per heavy atom. The number of anilines is 1. The van der Waals surface area contributed by atoms with Crippen molar-refractivity contribution in [1.29, 1.82) is 0 Å². The van der Waals surface area contributed by atoms with E-state index in [4.69, 9.17) is 35.4 Å². The molecule has 2 amide bonds. The second-order valence-corrected chi connectivity index (χ2v) is 8.37. The van der Waals surface area contributed by atoms with E-state index in [1.165, 1.54) is 23.1 Å². The summed E-state index contributed by atoms with van der Waals surface area (Å²) in [6, 6.07) is 13.0. The molecule has 0 aliphatic carbocycles. The lowest BCUT2D eigenvalue weighted by molar-refractivity contribution is -0.122. The van der Waals surface area contributed by atoms with Crippen LogP contribution in [0.25, 0.3) is 11.8 Å². The zero-order valence-electron chi connectivity index (χ0n) is 16.9. The second-order valence-electron chi connectivity index (χ2n) is 7.17. The summed E-state index contributed by atoms with van der Waals surface area (Å²) in [6.07, 6.45) is 1.51. The van der Waals surface area contributed by atoms with Crippen molar-refractivity contribution in [2.45, 2.75) is 13.8 Å². The van der Waals surface area contributed by atoms with Gasteiger partial charge in [0.2, 0.25) is 0 Å². The number of para-hydroxylation sites is 1. The molecule has 9 heteroatoms. The van der Waals surface area contributed by atoms with Crippen molar-refractivity contribution in [3.8, 4) is 5.69 Å². The number of benzene rings is 2. The molecule has 0 radical (unpaired) electrons. The summed E-state index contributed by atoms with van der Waals surface area (Å²) in [5.41, 5.74) is 3.16. The topological polar surface area (TPSA) is 54.3 Å². The highest BCUT2D eigenvalue weighted by Crippen LogP contribution is 2.30. The molecule has 1 aliphatic rings. The maximum atomic E-state index is 13.6. The van der Waals surface area contributed by atoms with Crippen LogP contribution in [0.2, 0.25) is 10.0 Å². The number of nitrogens with zero attached hydrogens (tertiary/aromatic N) is 2. The smallest absolute Gasteiger partial charge is 0.270 e. The third kappa shape index (κ3) is 3.83. The van der Waals surface area contributed by atoms with Gasteiger partial charge in [-0.25, -0.2) is 4.39 Å². The molecular formula is C23H16Cl2FN3O2S. The minimum atomic E-state index is -0.599. The van der Waals surface area contributed by atoms with Gasteiger partial charge in [-0.2, -0.15) is 0 Å². The molecule has 1 N–H and O–H groups in total. The van der Waals surface area contributed by atoms with Crippen LogP contribution in [0.4, 0.5) is 10.1 Å². The minimum Gasteiger partial charge on any atom is -0.318 e. The van der Waals surface area contributed by atoms with E-state index >= 15 is 0 Å². The molecule has 1 fully saturated rings. The van der Waals surface area contributed by atoms with Gasteiger partial charge >= 0.3 is 0 Å². The zero-order valence-corrected chi connectivity index (χ0v) is 19.3. The fraction of sp³-hybridized carbons (Fsp3) is 0.0870. The Kier molecular flexibility index (Phi) is 5.90. The standard InChI is InChI=1S/C23H16Cl2FN3O2S/c1-12-9-14(13(2)28(12)15-7-8-19(26)18(25)11-15)10-16-21(30)27-23(32)29(22(16)31)20-6-4-3-5-17(20)24/h3-11H,1-2H3,(H,27,30,32)/b16-10+.